The van der Waals surface area contributed by atoms with Crippen molar-refractivity contribution < 1.29 is 33.8 Å². The highest BCUT2D eigenvalue weighted by Crippen LogP contribution is 2.31. The van der Waals surface area contributed by atoms with E-state index in [0.717, 1.165) is 16.6 Å². The molecule has 0 aromatic heterocycles. The highest BCUT2D eigenvalue weighted by atomic mass is 79.9. The minimum absolute atomic E-state index is 0.253. The number of allylic oxidation sites excluding steroid dienone is 1. The number of benzene rings is 3. The summed E-state index contributed by atoms with van der Waals surface area (Å²) in [5.74, 6) is -1.64. The number of anilines is 1. The molecule has 36 heavy (non-hydrogen) atoms. The normalized spacial score (nSPS) is 12.5. The molecule has 188 valence electrons. The molecule has 2 amide bonds. The Morgan fingerprint density at radius 2 is 1.78 bits per heavy atom. The van der Waals surface area contributed by atoms with E-state index in [1.54, 1.807) is 48.5 Å². The van der Waals surface area contributed by atoms with Gasteiger partial charge in [0, 0.05) is 16.2 Å². The molecule has 0 aliphatic rings. The predicted octanol–water partition coefficient (Wildman–Crippen LogP) is 5.87. The van der Waals surface area contributed by atoms with Gasteiger partial charge in [-0.2, -0.15) is 0 Å². The van der Waals surface area contributed by atoms with Crippen LogP contribution in [0.15, 0.2) is 89.4 Å². The van der Waals surface area contributed by atoms with Gasteiger partial charge in [-0.3, -0.25) is 15.3 Å². The fourth-order valence-electron chi connectivity index (χ4n) is 3.29. The monoisotopic (exact) mass is 558 g/mol. The third kappa shape index (κ3) is 8.10. The second-order valence-electron chi connectivity index (χ2n) is 7.59. The van der Waals surface area contributed by atoms with Gasteiger partial charge in [0.05, 0.1) is 0 Å². The van der Waals surface area contributed by atoms with Crippen LogP contribution in [0.25, 0.3) is 0 Å². The Morgan fingerprint density at radius 1 is 1.06 bits per heavy atom. The van der Waals surface area contributed by atoms with E-state index in [-0.39, 0.29) is 12.0 Å². The number of nitrogens with one attached hydrogen (secondary N) is 2. The summed E-state index contributed by atoms with van der Waals surface area (Å²) in [5.41, 5.74) is 2.25. The van der Waals surface area contributed by atoms with Crippen molar-refractivity contribution in [2.24, 2.45) is 0 Å². The van der Waals surface area contributed by atoms with Crippen LogP contribution in [0.4, 0.5) is 14.9 Å². The lowest BCUT2D eigenvalue weighted by molar-refractivity contribution is -0.124. The van der Waals surface area contributed by atoms with Crippen LogP contribution in [0.5, 0.6) is 11.5 Å². The summed E-state index contributed by atoms with van der Waals surface area (Å²) in [6.07, 6.45) is 0.527. The summed E-state index contributed by atoms with van der Waals surface area (Å²) in [4.78, 5) is 24.1. The number of amides is 2. The lowest BCUT2D eigenvalue weighted by Gasteiger charge is -2.28. The molecule has 0 aliphatic carbocycles. The average molecular weight is 559 g/mol. The van der Waals surface area contributed by atoms with Crippen LogP contribution in [-0.2, 0) is 9.53 Å². The Balaban J connectivity index is 1.89. The number of para-hydroxylation sites is 1. The number of phenols is 1. The number of phenolic OH excluding ortho intramolecular Hbond substituents is 1. The van der Waals surface area contributed by atoms with Crippen molar-refractivity contribution in [3.63, 3.8) is 0 Å². The molecule has 8 nitrogen and oxygen atoms in total. The van der Waals surface area contributed by atoms with Crippen LogP contribution in [-0.4, -0.2) is 28.4 Å². The van der Waals surface area contributed by atoms with Gasteiger partial charge in [0.25, 0.3) is 5.91 Å². The van der Waals surface area contributed by atoms with Gasteiger partial charge in [-0.15, -0.1) is 0 Å². The zero-order chi connectivity index (χ0) is 25.9. The Bertz CT molecular complexity index is 1190. The van der Waals surface area contributed by atoms with Gasteiger partial charge < -0.3 is 14.6 Å². The molecule has 0 fully saturated rings. The topological polar surface area (TPSA) is 117 Å². The molecule has 0 bridgehead atoms. The van der Waals surface area contributed by atoms with E-state index in [4.69, 9.17) is 14.7 Å². The van der Waals surface area contributed by atoms with Crippen LogP contribution >= 0.6 is 15.9 Å². The molecule has 0 unspecified atom stereocenters. The van der Waals surface area contributed by atoms with Crippen LogP contribution in [0.3, 0.4) is 0 Å². The molecule has 0 heterocycles. The summed E-state index contributed by atoms with van der Waals surface area (Å²) in [6, 6.07) is 19.3. The van der Waals surface area contributed by atoms with E-state index in [2.05, 4.69) is 21.2 Å². The summed E-state index contributed by atoms with van der Waals surface area (Å²) in [5, 5.41) is 20.9. The highest BCUT2D eigenvalue weighted by Gasteiger charge is 2.30. The first-order valence-corrected chi connectivity index (χ1v) is 11.7. The van der Waals surface area contributed by atoms with Crippen LogP contribution < -0.4 is 15.5 Å². The van der Waals surface area contributed by atoms with Gasteiger partial charge in [0.2, 0.25) is 0 Å². The van der Waals surface area contributed by atoms with Gasteiger partial charge in [-0.05, 0) is 66.9 Å². The van der Waals surface area contributed by atoms with E-state index >= 15 is 0 Å². The van der Waals surface area contributed by atoms with Crippen molar-refractivity contribution >= 4 is 33.6 Å². The second-order valence-corrected chi connectivity index (χ2v) is 8.51. The molecule has 0 saturated heterocycles. The maximum absolute atomic E-state index is 14.3. The SMILES string of the molecule is O=C(/C=C/CC[C@@H](Oc1ccccc1)[C@H](OC(=O)Nc1ccc(Br)cc1)c1ccc(O)c(F)c1)NO. The predicted molar refractivity (Wildman–Crippen MR) is 134 cm³/mol. The molecule has 2 atom stereocenters. The highest BCUT2D eigenvalue weighted by molar-refractivity contribution is 9.10. The zero-order valence-electron chi connectivity index (χ0n) is 18.9. The maximum Gasteiger partial charge on any atom is 0.412 e. The van der Waals surface area contributed by atoms with Gasteiger partial charge >= 0.3 is 6.09 Å². The Morgan fingerprint density at radius 3 is 2.44 bits per heavy atom. The van der Waals surface area contributed by atoms with Crippen molar-refractivity contribution in [3.05, 3.63) is 101 Å². The fourth-order valence-corrected chi connectivity index (χ4v) is 3.55. The van der Waals surface area contributed by atoms with Crippen LogP contribution in [0.1, 0.15) is 24.5 Å². The van der Waals surface area contributed by atoms with E-state index in [1.165, 1.54) is 23.7 Å². The third-order valence-electron chi connectivity index (χ3n) is 4.99. The maximum atomic E-state index is 14.3. The van der Waals surface area contributed by atoms with Crippen molar-refractivity contribution in [3.8, 4) is 11.5 Å². The summed E-state index contributed by atoms with van der Waals surface area (Å²) >= 11 is 3.33. The van der Waals surface area contributed by atoms with Crippen LogP contribution in [0, 0.1) is 5.82 Å². The van der Waals surface area contributed by atoms with E-state index in [0.29, 0.717) is 17.9 Å². The first-order valence-electron chi connectivity index (χ1n) is 10.9. The van der Waals surface area contributed by atoms with Gasteiger partial charge in [0.1, 0.15) is 11.9 Å². The zero-order valence-corrected chi connectivity index (χ0v) is 20.5. The van der Waals surface area contributed by atoms with E-state index < -0.39 is 35.8 Å². The molecule has 10 heteroatoms. The standard InChI is InChI=1S/C26H24BrFN2O6/c27-18-11-13-19(14-12-18)29-26(33)36-25(17-10-15-22(31)21(28)16-17)23(8-4-5-9-24(32)30-34)35-20-6-2-1-3-7-20/h1-3,5-7,9-16,23,25,31,34H,4,8H2,(H,29,33)(H,30,32)/b9-5+/t23-,25-/m1/s1. The Kier molecular flexibility index (Phi) is 9.84. The lowest BCUT2D eigenvalue weighted by atomic mass is 9.99. The van der Waals surface area contributed by atoms with Gasteiger partial charge in [-0.25, -0.2) is 14.7 Å². The van der Waals surface area contributed by atoms with Crippen molar-refractivity contribution in [1.82, 2.24) is 5.48 Å². The van der Waals surface area contributed by atoms with Gasteiger partial charge in [0.15, 0.2) is 17.7 Å². The summed E-state index contributed by atoms with van der Waals surface area (Å²) < 4.78 is 26.9. The number of aromatic hydroxyl groups is 1. The number of halogens is 2. The minimum atomic E-state index is -1.09. The number of carbonyl (C=O) groups is 2. The molecule has 3 rings (SSSR count). The van der Waals surface area contributed by atoms with E-state index in [1.807, 2.05) is 6.07 Å². The molecule has 3 aromatic rings. The van der Waals surface area contributed by atoms with Gasteiger partial charge in [-0.1, -0.05) is 46.3 Å². The van der Waals surface area contributed by atoms with Crippen LogP contribution in [0.2, 0.25) is 0 Å². The fraction of sp³-hybridized carbons (Fsp3) is 0.154. The first kappa shape index (κ1) is 26.7. The van der Waals surface area contributed by atoms with Crippen molar-refractivity contribution in [1.29, 1.82) is 0 Å². The smallest absolute Gasteiger partial charge is 0.412 e. The molecule has 0 radical (unpaired) electrons. The molecule has 0 aliphatic heterocycles. The molecular weight excluding hydrogens is 535 g/mol. The molecule has 3 aromatic carbocycles. The Labute approximate surface area is 215 Å². The number of hydrogen-bond donors (Lipinski definition) is 4. The quantitative estimate of drug-likeness (QED) is 0.140. The number of carbonyl (C=O) groups excluding carboxylic acids is 2. The number of ether oxygens (including phenoxy) is 2. The average Bonchev–Trinajstić information content (AvgIpc) is 2.88. The van der Waals surface area contributed by atoms with E-state index in [9.17, 15) is 19.1 Å². The number of hydroxylamine groups is 1. The molecule has 4 N–H and O–H groups in total. The first-order chi connectivity index (χ1) is 17.4. The molecule has 0 spiro atoms. The molecule has 0 saturated carbocycles. The molecular formula is C26H24BrFN2O6. The number of rotatable bonds is 10. The summed E-state index contributed by atoms with van der Waals surface area (Å²) in [6.45, 7) is 0. The summed E-state index contributed by atoms with van der Waals surface area (Å²) in [7, 11) is 0. The Hall–Kier alpha value is -3.89. The third-order valence-corrected chi connectivity index (χ3v) is 5.52. The number of hydrogen-bond acceptors (Lipinski definition) is 6. The second kappa shape index (κ2) is 13.3. The van der Waals surface area contributed by atoms with Crippen molar-refractivity contribution in [2.75, 3.05) is 5.32 Å². The minimum Gasteiger partial charge on any atom is -0.505 e. The largest absolute Gasteiger partial charge is 0.505 e. The van der Waals surface area contributed by atoms with Crippen molar-refractivity contribution in [2.45, 2.75) is 25.0 Å². The lowest BCUT2D eigenvalue weighted by Crippen LogP contribution is -2.31.